The topological polar surface area (TPSA) is 26.3 Å². The fourth-order valence-corrected chi connectivity index (χ4v) is 8.18. The van der Waals surface area contributed by atoms with Crippen molar-refractivity contribution in [3.8, 4) is 0 Å². The maximum absolute atomic E-state index is 11.5. The van der Waals surface area contributed by atoms with E-state index in [2.05, 4.69) is 12.1 Å². The van der Waals surface area contributed by atoms with Crippen LogP contribution in [0, 0.1) is 23.7 Å². The zero-order valence-electron chi connectivity index (χ0n) is 16.6. The summed E-state index contributed by atoms with van der Waals surface area (Å²) in [6.07, 6.45) is 12.9. The molecule has 1 aromatic rings. The number of benzene rings is 1. The number of esters is 1. The Morgan fingerprint density at radius 1 is 0.963 bits per heavy atom. The molecule has 2 nitrogen and oxygen atoms in total. The van der Waals surface area contributed by atoms with Crippen LogP contribution in [-0.2, 0) is 16.0 Å². The summed E-state index contributed by atoms with van der Waals surface area (Å²) >= 11 is 0. The second kappa shape index (κ2) is 6.09. The molecule has 0 aromatic heterocycles. The summed E-state index contributed by atoms with van der Waals surface area (Å²) in [5.41, 5.74) is 6.91. The first-order valence-electron chi connectivity index (χ1n) is 11.5. The number of hydrogen-bond acceptors (Lipinski definition) is 2. The average Bonchev–Trinajstić information content (AvgIpc) is 3.43. The van der Waals surface area contributed by atoms with Crippen molar-refractivity contribution in [2.75, 3.05) is 7.11 Å². The van der Waals surface area contributed by atoms with E-state index in [4.69, 9.17) is 4.74 Å². The van der Waals surface area contributed by atoms with E-state index in [9.17, 15) is 4.79 Å². The Balaban J connectivity index is 1.34. The highest BCUT2D eigenvalue weighted by atomic mass is 16.5. The smallest absolute Gasteiger partial charge is 0.305 e. The maximum atomic E-state index is 11.5. The highest BCUT2D eigenvalue weighted by molar-refractivity contribution is 5.69. The molecule has 7 unspecified atom stereocenters. The van der Waals surface area contributed by atoms with Crippen molar-refractivity contribution in [1.29, 1.82) is 0 Å². The standard InChI is InChI=1S/C25H32O2/c1-27-21(26)4-2-3-15-9-10-19(20-12-14-5-6-16(20)11-14)25-22(15)23-17-7-8-18(13-17)24(23)25/h9-10,14,16-18,20,23-24H,2-8,11-13H2,1H3. The first-order valence-corrected chi connectivity index (χ1v) is 11.5. The third-order valence-corrected chi connectivity index (χ3v) is 9.19. The van der Waals surface area contributed by atoms with Gasteiger partial charge >= 0.3 is 5.97 Å². The van der Waals surface area contributed by atoms with Crippen molar-refractivity contribution >= 4 is 5.97 Å². The molecule has 1 aromatic carbocycles. The molecule has 0 amide bonds. The van der Waals surface area contributed by atoms with Crippen LogP contribution in [0.5, 0.6) is 0 Å². The molecule has 0 radical (unpaired) electrons. The number of carbonyl (C=O) groups is 1. The Hall–Kier alpha value is -1.31. The Labute approximate surface area is 163 Å². The lowest BCUT2D eigenvalue weighted by molar-refractivity contribution is -0.140. The van der Waals surface area contributed by atoms with Gasteiger partial charge in [0.2, 0.25) is 0 Å². The highest BCUT2D eigenvalue weighted by Gasteiger charge is 2.57. The van der Waals surface area contributed by atoms with E-state index in [1.807, 2.05) is 5.56 Å². The summed E-state index contributed by atoms with van der Waals surface area (Å²) < 4.78 is 4.84. The van der Waals surface area contributed by atoms with Gasteiger partial charge in [-0.05, 0) is 115 Å². The molecule has 5 aliphatic rings. The van der Waals surface area contributed by atoms with Gasteiger partial charge in [0.25, 0.3) is 0 Å². The van der Waals surface area contributed by atoms with Gasteiger partial charge in [-0.25, -0.2) is 0 Å². The van der Waals surface area contributed by atoms with Crippen molar-refractivity contribution < 1.29 is 9.53 Å². The van der Waals surface area contributed by atoms with Gasteiger partial charge in [-0.3, -0.25) is 4.79 Å². The van der Waals surface area contributed by atoms with Crippen LogP contribution in [0.3, 0.4) is 0 Å². The predicted octanol–water partition coefficient (Wildman–Crippen LogP) is 5.70. The van der Waals surface area contributed by atoms with Crippen molar-refractivity contribution in [3.63, 3.8) is 0 Å². The first-order chi connectivity index (χ1) is 13.2. The Kier molecular flexibility index (Phi) is 3.75. The monoisotopic (exact) mass is 364 g/mol. The van der Waals surface area contributed by atoms with Gasteiger partial charge in [0.1, 0.15) is 0 Å². The number of rotatable bonds is 5. The second-order valence-electron chi connectivity index (χ2n) is 10.2. The van der Waals surface area contributed by atoms with Crippen molar-refractivity contribution in [3.05, 3.63) is 34.4 Å². The summed E-state index contributed by atoms with van der Waals surface area (Å²) in [5, 5.41) is 0. The minimum Gasteiger partial charge on any atom is -0.469 e. The number of carbonyl (C=O) groups excluding carboxylic acids is 1. The predicted molar refractivity (Wildman–Crippen MR) is 106 cm³/mol. The molecule has 4 fully saturated rings. The third-order valence-electron chi connectivity index (χ3n) is 9.19. The minimum atomic E-state index is -0.0646. The first kappa shape index (κ1) is 16.6. The summed E-state index contributed by atoms with van der Waals surface area (Å²) in [6.45, 7) is 0. The summed E-state index contributed by atoms with van der Waals surface area (Å²) in [6, 6.07) is 4.99. The number of methoxy groups -OCH3 is 1. The molecule has 0 aliphatic heterocycles. The van der Waals surface area contributed by atoms with Gasteiger partial charge in [0.05, 0.1) is 7.11 Å². The molecule has 0 N–H and O–H groups in total. The van der Waals surface area contributed by atoms with Crippen LogP contribution in [0.1, 0.15) is 97.8 Å². The van der Waals surface area contributed by atoms with Gasteiger partial charge in [0.15, 0.2) is 0 Å². The molecule has 2 heteroatoms. The van der Waals surface area contributed by atoms with Crippen molar-refractivity contribution in [2.45, 2.75) is 82.0 Å². The fourth-order valence-electron chi connectivity index (χ4n) is 8.18. The molecular weight excluding hydrogens is 332 g/mol. The largest absolute Gasteiger partial charge is 0.469 e. The maximum Gasteiger partial charge on any atom is 0.305 e. The van der Waals surface area contributed by atoms with Gasteiger partial charge in [-0.1, -0.05) is 18.6 Å². The van der Waals surface area contributed by atoms with Crippen molar-refractivity contribution in [1.82, 2.24) is 0 Å². The third kappa shape index (κ3) is 2.34. The molecule has 4 bridgehead atoms. The minimum absolute atomic E-state index is 0.0646. The molecule has 7 atom stereocenters. The lowest BCUT2D eigenvalue weighted by Gasteiger charge is -2.47. The Morgan fingerprint density at radius 3 is 2.44 bits per heavy atom. The van der Waals surface area contributed by atoms with Crippen LogP contribution in [0.2, 0.25) is 0 Å². The van der Waals surface area contributed by atoms with Gasteiger partial charge < -0.3 is 4.74 Å². The number of hydrogen-bond donors (Lipinski definition) is 0. The van der Waals surface area contributed by atoms with E-state index >= 15 is 0 Å². The Morgan fingerprint density at radius 2 is 1.74 bits per heavy atom. The molecular formula is C25H32O2. The number of aryl methyl sites for hydroxylation is 1. The van der Waals surface area contributed by atoms with Gasteiger partial charge in [0, 0.05) is 6.42 Å². The summed E-state index contributed by atoms with van der Waals surface area (Å²) in [7, 11) is 1.50. The molecule has 27 heavy (non-hydrogen) atoms. The van der Waals surface area contributed by atoms with E-state index in [0.29, 0.717) is 6.42 Å². The van der Waals surface area contributed by atoms with E-state index in [-0.39, 0.29) is 5.97 Å². The van der Waals surface area contributed by atoms with Crippen LogP contribution in [0.25, 0.3) is 0 Å². The van der Waals surface area contributed by atoms with E-state index in [1.165, 1.54) is 52.1 Å². The fraction of sp³-hybridized carbons (Fsp3) is 0.720. The van der Waals surface area contributed by atoms with Crippen LogP contribution in [-0.4, -0.2) is 13.1 Å². The molecule has 4 saturated carbocycles. The summed E-state index contributed by atoms with van der Waals surface area (Å²) in [5.74, 6) is 6.50. The van der Waals surface area contributed by atoms with E-state index < -0.39 is 0 Å². The Bertz CT molecular complexity index is 781. The zero-order valence-corrected chi connectivity index (χ0v) is 16.6. The number of fused-ring (bicyclic) bond motifs is 10. The lowest BCUT2D eigenvalue weighted by atomic mass is 9.57. The molecule has 5 aliphatic carbocycles. The van der Waals surface area contributed by atoms with E-state index in [0.717, 1.165) is 54.3 Å². The van der Waals surface area contributed by atoms with Crippen LogP contribution >= 0.6 is 0 Å². The van der Waals surface area contributed by atoms with Gasteiger partial charge in [-0.2, -0.15) is 0 Å². The summed E-state index contributed by atoms with van der Waals surface area (Å²) in [4.78, 5) is 11.5. The molecule has 144 valence electrons. The molecule has 0 saturated heterocycles. The molecule has 0 spiro atoms. The van der Waals surface area contributed by atoms with Crippen LogP contribution in [0.4, 0.5) is 0 Å². The SMILES string of the molecule is COC(=O)CCCc1ccc(C2CC3CCC2C3)c2c1C1C3CCC(C3)C21. The second-order valence-corrected chi connectivity index (χ2v) is 10.2. The van der Waals surface area contributed by atoms with E-state index in [1.54, 1.807) is 16.7 Å². The van der Waals surface area contributed by atoms with Crippen LogP contribution in [0.15, 0.2) is 12.1 Å². The molecule has 0 heterocycles. The molecule has 6 rings (SSSR count). The lowest BCUT2D eigenvalue weighted by Crippen LogP contribution is -2.33. The number of ether oxygens (including phenoxy) is 1. The van der Waals surface area contributed by atoms with Crippen molar-refractivity contribution in [2.24, 2.45) is 23.7 Å². The average molecular weight is 365 g/mol. The quantitative estimate of drug-likeness (QED) is 0.627. The van der Waals surface area contributed by atoms with Crippen LogP contribution < -0.4 is 0 Å². The zero-order chi connectivity index (χ0) is 18.1. The normalized spacial score (nSPS) is 40.0. The highest BCUT2D eigenvalue weighted by Crippen LogP contribution is 2.70. The van der Waals surface area contributed by atoms with Gasteiger partial charge in [-0.15, -0.1) is 0 Å².